The first-order chi connectivity index (χ1) is 13.8. The second-order valence-electron chi connectivity index (χ2n) is 10.1. The number of likely N-dealkylation sites (N-methyl/N-ethyl adjacent to an activating group) is 2. The molecule has 180 valence electrons. The Labute approximate surface area is 182 Å². The van der Waals surface area contributed by atoms with E-state index in [2.05, 4.69) is 0 Å². The first-order valence-corrected chi connectivity index (χ1v) is 9.91. The van der Waals surface area contributed by atoms with Crippen LogP contribution in [-0.4, -0.2) is 121 Å². The average Bonchev–Trinajstić information content (AvgIpc) is 2.49. The largest absolute Gasteiger partial charge is 0.549 e. The number of rotatable bonds is 14. The topological polar surface area (TPSA) is 175 Å². The highest BCUT2D eigenvalue weighted by atomic mass is 16.4. The van der Waals surface area contributed by atoms with Crippen LogP contribution in [0.3, 0.4) is 0 Å². The number of aliphatic hydroxyl groups is 3. The van der Waals surface area contributed by atoms with Crippen LogP contribution in [-0.2, 0) is 19.2 Å². The van der Waals surface area contributed by atoms with Gasteiger partial charge in [-0.25, -0.2) is 0 Å². The maximum atomic E-state index is 12.6. The van der Waals surface area contributed by atoms with Gasteiger partial charge in [-0.15, -0.1) is 0 Å². The van der Waals surface area contributed by atoms with Gasteiger partial charge in [0, 0.05) is 12.3 Å². The van der Waals surface area contributed by atoms with E-state index in [-0.39, 0.29) is 22.1 Å². The van der Waals surface area contributed by atoms with Crippen molar-refractivity contribution in [3.8, 4) is 0 Å². The summed E-state index contributed by atoms with van der Waals surface area (Å²) in [6.45, 7) is 1.00. The summed E-state index contributed by atoms with van der Waals surface area (Å²) >= 11 is 0. The van der Waals surface area contributed by atoms with Gasteiger partial charge in [-0.1, -0.05) is 6.92 Å². The predicted octanol–water partition coefficient (Wildman–Crippen LogP) is -4.62. The number of aliphatic carboxylic acids is 2. The van der Waals surface area contributed by atoms with E-state index in [1.165, 1.54) is 6.92 Å². The predicted molar refractivity (Wildman–Crippen MR) is 105 cm³/mol. The smallest absolute Gasteiger partial charge is 0.149 e. The molecule has 0 heterocycles. The molecule has 0 aliphatic heterocycles. The summed E-state index contributed by atoms with van der Waals surface area (Å²) in [6, 6.07) is 0. The molecule has 0 radical (unpaired) electrons. The molecule has 0 rings (SSSR count). The van der Waals surface area contributed by atoms with Crippen molar-refractivity contribution in [3.63, 3.8) is 0 Å². The molecule has 0 bridgehead atoms. The van der Waals surface area contributed by atoms with E-state index in [1.54, 1.807) is 42.3 Å². The van der Waals surface area contributed by atoms with E-state index in [4.69, 9.17) is 0 Å². The van der Waals surface area contributed by atoms with Crippen LogP contribution in [0.2, 0.25) is 0 Å². The minimum atomic E-state index is -1.93. The second-order valence-corrected chi connectivity index (χ2v) is 10.1. The third-order valence-electron chi connectivity index (χ3n) is 4.84. The molecule has 0 aliphatic carbocycles. The Morgan fingerprint density at radius 2 is 1.06 bits per heavy atom. The highest BCUT2D eigenvalue weighted by Crippen LogP contribution is 2.20. The van der Waals surface area contributed by atoms with Gasteiger partial charge in [-0.3, -0.25) is 9.59 Å². The number of aliphatic hydroxyl groups excluding tert-OH is 3. The van der Waals surface area contributed by atoms with Crippen molar-refractivity contribution in [1.29, 1.82) is 0 Å². The fraction of sp³-hybridized carbons (Fsp3) is 0.800. The highest BCUT2D eigenvalue weighted by Gasteiger charge is 2.39. The molecule has 0 spiro atoms. The Kier molecular flexibility index (Phi) is 10.4. The lowest BCUT2D eigenvalue weighted by atomic mass is 9.83. The van der Waals surface area contributed by atoms with Crippen LogP contribution in [0.5, 0.6) is 0 Å². The van der Waals surface area contributed by atoms with E-state index < -0.39 is 66.0 Å². The number of carboxylic acid groups (broad SMARTS) is 2. The summed E-state index contributed by atoms with van der Waals surface area (Å²) in [4.78, 5) is 47.9. The number of hydrogen-bond donors (Lipinski definition) is 3. The molecule has 31 heavy (non-hydrogen) atoms. The van der Waals surface area contributed by atoms with Gasteiger partial charge in [-0.2, -0.15) is 0 Å². The van der Waals surface area contributed by atoms with Gasteiger partial charge in [0.2, 0.25) is 0 Å². The maximum Gasteiger partial charge on any atom is 0.149 e. The number of carbonyl (C=O) groups is 4. The van der Waals surface area contributed by atoms with E-state index in [0.717, 1.165) is 0 Å². The van der Waals surface area contributed by atoms with Crippen molar-refractivity contribution >= 4 is 23.5 Å². The van der Waals surface area contributed by atoms with Crippen LogP contribution in [0.4, 0.5) is 0 Å². The number of carbonyl (C=O) groups excluding carboxylic acids is 4. The average molecular weight is 449 g/mol. The van der Waals surface area contributed by atoms with Crippen LogP contribution in [0.15, 0.2) is 0 Å². The van der Waals surface area contributed by atoms with Gasteiger partial charge < -0.3 is 44.1 Å². The molecule has 0 aromatic carbocycles. The van der Waals surface area contributed by atoms with E-state index in [0.29, 0.717) is 0 Å². The molecule has 11 heteroatoms. The molecular formula is C20H36N2O9. The van der Waals surface area contributed by atoms with Gasteiger partial charge in [0.05, 0.1) is 72.2 Å². The molecule has 11 nitrogen and oxygen atoms in total. The third kappa shape index (κ3) is 9.83. The maximum absolute atomic E-state index is 12.6. The van der Waals surface area contributed by atoms with Gasteiger partial charge >= 0.3 is 0 Å². The molecule has 6 atom stereocenters. The van der Waals surface area contributed by atoms with Crippen LogP contribution in [0, 0.1) is 17.8 Å². The highest BCUT2D eigenvalue weighted by molar-refractivity contribution is 6.01. The summed E-state index contributed by atoms with van der Waals surface area (Å²) in [5, 5.41) is 53.6. The SMILES string of the molecule is CC(C(=O)C(C(=O)[O-])C(O)C[N+](C)(C)C)C(O)CC(=O)C(C(=O)[O-])C(O)C[N+](C)(C)C. The Bertz CT molecular complexity index is 667. The van der Waals surface area contributed by atoms with Crippen molar-refractivity contribution in [2.75, 3.05) is 55.4 Å². The van der Waals surface area contributed by atoms with E-state index in [9.17, 15) is 44.7 Å². The standard InChI is InChI=1S/C20H36N2O9/c1-11(18(27)17(20(30)31)15(26)10-22(5,6)7)12(23)8-13(24)16(19(28)29)14(25)9-21(2,3)4/h11-12,14-17,23,25-26H,8-10H2,1-7H3. The van der Waals surface area contributed by atoms with Crippen molar-refractivity contribution in [1.82, 2.24) is 0 Å². The summed E-state index contributed by atoms with van der Waals surface area (Å²) in [5.41, 5.74) is 0. The fourth-order valence-electron chi connectivity index (χ4n) is 3.28. The molecule has 0 saturated heterocycles. The lowest BCUT2D eigenvalue weighted by Crippen LogP contribution is -2.53. The molecule has 0 amide bonds. The number of Topliss-reactive ketones (excluding diaryl/α,β-unsaturated/α-hetero) is 2. The third-order valence-corrected chi connectivity index (χ3v) is 4.84. The van der Waals surface area contributed by atoms with E-state index >= 15 is 0 Å². The Morgan fingerprint density at radius 3 is 1.39 bits per heavy atom. The first kappa shape index (κ1) is 29.1. The number of quaternary nitrogens is 2. The Morgan fingerprint density at radius 1 is 0.710 bits per heavy atom. The lowest BCUT2D eigenvalue weighted by Gasteiger charge is -2.33. The van der Waals surface area contributed by atoms with Crippen LogP contribution >= 0.6 is 0 Å². The van der Waals surface area contributed by atoms with Crippen LogP contribution in [0.1, 0.15) is 13.3 Å². The Hall–Kier alpha value is -1.92. The summed E-state index contributed by atoms with van der Waals surface area (Å²) in [6.07, 6.45) is -5.72. The first-order valence-electron chi connectivity index (χ1n) is 9.91. The molecule has 0 saturated carbocycles. The van der Waals surface area contributed by atoms with Crippen molar-refractivity contribution < 1.29 is 53.7 Å². The van der Waals surface area contributed by atoms with E-state index in [1.807, 2.05) is 0 Å². The Balaban J connectivity index is 5.43. The monoisotopic (exact) mass is 448 g/mol. The lowest BCUT2D eigenvalue weighted by molar-refractivity contribution is -0.873. The number of carboxylic acids is 2. The second kappa shape index (κ2) is 11.1. The molecule has 0 aromatic heterocycles. The number of nitrogens with zero attached hydrogens (tertiary/aromatic N) is 2. The van der Waals surface area contributed by atoms with Gasteiger partial charge in [0.25, 0.3) is 0 Å². The zero-order valence-electron chi connectivity index (χ0n) is 19.3. The molecule has 0 aromatic rings. The molecule has 3 N–H and O–H groups in total. The summed E-state index contributed by atoms with van der Waals surface area (Å²) in [5.74, 6) is -11.0. The van der Waals surface area contributed by atoms with Gasteiger partial charge in [-0.05, 0) is 0 Å². The number of hydrogen-bond acceptors (Lipinski definition) is 9. The van der Waals surface area contributed by atoms with Gasteiger partial charge in [0.15, 0.2) is 0 Å². The molecule has 6 unspecified atom stereocenters. The van der Waals surface area contributed by atoms with Crippen LogP contribution in [0.25, 0.3) is 0 Å². The number of ketones is 2. The summed E-state index contributed by atoms with van der Waals surface area (Å²) < 4.78 is 0.318. The minimum Gasteiger partial charge on any atom is -0.549 e. The normalized spacial score (nSPS) is 18.4. The quantitative estimate of drug-likeness (QED) is 0.174. The van der Waals surface area contributed by atoms with Crippen LogP contribution < -0.4 is 10.2 Å². The van der Waals surface area contributed by atoms with Gasteiger partial charge in [0.1, 0.15) is 36.9 Å². The van der Waals surface area contributed by atoms with Crippen molar-refractivity contribution in [2.24, 2.45) is 17.8 Å². The minimum absolute atomic E-state index is 0.0844. The molecule has 0 aliphatic rings. The zero-order valence-corrected chi connectivity index (χ0v) is 19.3. The van der Waals surface area contributed by atoms with Crippen molar-refractivity contribution in [2.45, 2.75) is 31.7 Å². The van der Waals surface area contributed by atoms with Crippen molar-refractivity contribution in [3.05, 3.63) is 0 Å². The molecular weight excluding hydrogens is 412 g/mol. The zero-order chi connectivity index (χ0) is 24.9. The molecule has 0 fully saturated rings. The summed E-state index contributed by atoms with van der Waals surface area (Å²) in [7, 11) is 10.1. The fourth-order valence-corrected chi connectivity index (χ4v) is 3.28.